The second-order valence-corrected chi connectivity index (χ2v) is 6.16. The van der Waals surface area contributed by atoms with Crippen LogP contribution in [0.1, 0.15) is 12.5 Å². The highest BCUT2D eigenvalue weighted by Gasteiger charge is 2.31. The van der Waals surface area contributed by atoms with Gasteiger partial charge in [-0.3, -0.25) is 9.99 Å². The molecule has 6 nitrogen and oxygen atoms in total. The molecular weight excluding hydrogens is 307 g/mol. The standard InChI is InChI=1S/C14H13FN4O2S/c1-2-17-19-12-9-11(15)3-4-13(12)22(20,21)18-14(19)10-5-7-16-8-6-10/h3-9,17H,2H2,1H3. The van der Waals surface area contributed by atoms with Gasteiger partial charge in [-0.05, 0) is 24.3 Å². The lowest BCUT2D eigenvalue weighted by atomic mass is 10.2. The van der Waals surface area contributed by atoms with Gasteiger partial charge in [0.2, 0.25) is 0 Å². The Balaban J connectivity index is 2.24. The first-order valence-electron chi connectivity index (χ1n) is 6.61. The maximum atomic E-state index is 13.6. The number of hydrogen-bond acceptors (Lipinski definition) is 5. The van der Waals surface area contributed by atoms with Crippen molar-refractivity contribution in [2.45, 2.75) is 11.8 Å². The number of anilines is 1. The van der Waals surface area contributed by atoms with Gasteiger partial charge in [0, 0.05) is 30.6 Å². The molecule has 0 spiro atoms. The highest BCUT2D eigenvalue weighted by molar-refractivity contribution is 7.90. The van der Waals surface area contributed by atoms with Gasteiger partial charge in [-0.25, -0.2) is 9.82 Å². The Kier molecular flexibility index (Phi) is 3.63. The Bertz CT molecular complexity index is 837. The van der Waals surface area contributed by atoms with Crippen LogP contribution in [-0.2, 0) is 10.0 Å². The van der Waals surface area contributed by atoms with Crippen molar-refractivity contribution in [3.05, 3.63) is 54.1 Å². The number of nitrogens with zero attached hydrogens (tertiary/aromatic N) is 3. The van der Waals surface area contributed by atoms with Crippen molar-refractivity contribution in [3.63, 3.8) is 0 Å². The van der Waals surface area contributed by atoms with E-state index in [0.717, 1.165) is 6.07 Å². The Labute approximate surface area is 127 Å². The first-order valence-corrected chi connectivity index (χ1v) is 8.05. The number of hydrogen-bond donors (Lipinski definition) is 1. The zero-order valence-corrected chi connectivity index (χ0v) is 12.5. The summed E-state index contributed by atoms with van der Waals surface area (Å²) in [7, 11) is -3.89. The van der Waals surface area contributed by atoms with Gasteiger partial charge in [0.15, 0.2) is 5.84 Å². The number of amidine groups is 1. The third kappa shape index (κ3) is 2.46. The number of pyridine rings is 1. The predicted molar refractivity (Wildman–Crippen MR) is 80.5 cm³/mol. The second kappa shape index (κ2) is 5.47. The van der Waals surface area contributed by atoms with Gasteiger partial charge >= 0.3 is 0 Å². The van der Waals surface area contributed by atoms with Gasteiger partial charge in [0.1, 0.15) is 10.7 Å². The number of fused-ring (bicyclic) bond motifs is 1. The topological polar surface area (TPSA) is 74.7 Å². The Morgan fingerprint density at radius 3 is 2.64 bits per heavy atom. The first-order chi connectivity index (χ1) is 10.5. The molecule has 0 radical (unpaired) electrons. The highest BCUT2D eigenvalue weighted by atomic mass is 32.2. The largest absolute Gasteiger partial charge is 0.286 e. The SMILES string of the molecule is CCNN1C(c2ccncc2)=NS(=O)(=O)c2ccc(F)cc21. The molecule has 0 saturated heterocycles. The van der Waals surface area contributed by atoms with E-state index in [1.807, 2.05) is 6.92 Å². The van der Waals surface area contributed by atoms with E-state index in [9.17, 15) is 12.8 Å². The van der Waals surface area contributed by atoms with Crippen molar-refractivity contribution in [3.8, 4) is 0 Å². The maximum Gasteiger partial charge on any atom is 0.286 e. The van der Waals surface area contributed by atoms with Crippen LogP contribution in [0.15, 0.2) is 52.0 Å². The summed E-state index contributed by atoms with van der Waals surface area (Å²) in [6.45, 7) is 2.37. The number of aromatic nitrogens is 1. The minimum Gasteiger partial charge on any atom is -0.265 e. The summed E-state index contributed by atoms with van der Waals surface area (Å²) in [6.07, 6.45) is 3.07. The lowest BCUT2D eigenvalue weighted by Crippen LogP contribution is -2.46. The van der Waals surface area contributed by atoms with Crippen molar-refractivity contribution in [2.24, 2.45) is 4.40 Å². The molecule has 8 heteroatoms. The van der Waals surface area contributed by atoms with E-state index in [1.54, 1.807) is 12.1 Å². The molecule has 2 aromatic rings. The number of sulfonamides is 1. The molecular formula is C14H13FN4O2S. The highest BCUT2D eigenvalue weighted by Crippen LogP contribution is 2.32. The molecule has 1 N–H and O–H groups in total. The van der Waals surface area contributed by atoms with E-state index < -0.39 is 15.8 Å². The average molecular weight is 320 g/mol. The van der Waals surface area contributed by atoms with E-state index >= 15 is 0 Å². The van der Waals surface area contributed by atoms with Crippen LogP contribution in [0.5, 0.6) is 0 Å². The second-order valence-electron chi connectivity index (χ2n) is 4.58. The zero-order valence-electron chi connectivity index (χ0n) is 11.7. The molecule has 22 heavy (non-hydrogen) atoms. The lowest BCUT2D eigenvalue weighted by molar-refractivity contribution is 0.593. The van der Waals surface area contributed by atoms with Gasteiger partial charge in [0.25, 0.3) is 10.0 Å². The van der Waals surface area contributed by atoms with E-state index in [2.05, 4.69) is 14.8 Å². The molecule has 0 unspecified atom stereocenters. The smallest absolute Gasteiger partial charge is 0.265 e. The summed E-state index contributed by atoms with van der Waals surface area (Å²) >= 11 is 0. The van der Waals surface area contributed by atoms with Gasteiger partial charge in [-0.1, -0.05) is 6.92 Å². The summed E-state index contributed by atoms with van der Waals surface area (Å²) in [5.41, 5.74) is 3.78. The third-order valence-electron chi connectivity index (χ3n) is 3.11. The van der Waals surface area contributed by atoms with Gasteiger partial charge in [-0.2, -0.15) is 8.42 Å². The molecule has 0 bridgehead atoms. The molecule has 0 amide bonds. The van der Waals surface area contributed by atoms with Crippen LogP contribution in [-0.4, -0.2) is 25.8 Å². The van der Waals surface area contributed by atoms with Gasteiger partial charge in [-0.15, -0.1) is 4.40 Å². The Morgan fingerprint density at radius 2 is 1.95 bits per heavy atom. The first kappa shape index (κ1) is 14.6. The molecule has 114 valence electrons. The van der Waals surface area contributed by atoms with Crippen LogP contribution >= 0.6 is 0 Å². The number of rotatable bonds is 3. The van der Waals surface area contributed by atoms with Crippen molar-refractivity contribution >= 4 is 21.5 Å². The van der Waals surface area contributed by atoms with Gasteiger partial charge < -0.3 is 0 Å². The van der Waals surface area contributed by atoms with Crippen molar-refractivity contribution in [2.75, 3.05) is 11.6 Å². The van der Waals surface area contributed by atoms with Crippen molar-refractivity contribution < 1.29 is 12.8 Å². The monoisotopic (exact) mass is 320 g/mol. The van der Waals surface area contributed by atoms with Crippen LogP contribution in [0.25, 0.3) is 0 Å². The Morgan fingerprint density at radius 1 is 1.23 bits per heavy atom. The fourth-order valence-electron chi connectivity index (χ4n) is 2.20. The van der Waals surface area contributed by atoms with Crippen LogP contribution < -0.4 is 10.4 Å². The molecule has 0 saturated carbocycles. The summed E-state index contributed by atoms with van der Waals surface area (Å²) < 4.78 is 42.1. The molecule has 3 rings (SSSR count). The number of benzene rings is 1. The summed E-state index contributed by atoms with van der Waals surface area (Å²) in [5.74, 6) is -0.338. The third-order valence-corrected chi connectivity index (χ3v) is 4.43. The summed E-state index contributed by atoms with van der Waals surface area (Å²) in [6, 6.07) is 6.78. The molecule has 1 aliphatic rings. The predicted octanol–water partition coefficient (Wildman–Crippen LogP) is 1.70. The Hall–Kier alpha value is -2.32. The molecule has 0 atom stereocenters. The minimum atomic E-state index is -3.89. The molecule has 2 heterocycles. The van der Waals surface area contributed by atoms with E-state index in [-0.39, 0.29) is 16.4 Å². The van der Waals surface area contributed by atoms with Crippen LogP contribution in [0, 0.1) is 5.82 Å². The average Bonchev–Trinajstić information content (AvgIpc) is 2.50. The van der Waals surface area contributed by atoms with Crippen LogP contribution in [0.2, 0.25) is 0 Å². The van der Waals surface area contributed by atoms with Crippen LogP contribution in [0.3, 0.4) is 0 Å². The molecule has 1 aliphatic heterocycles. The van der Waals surface area contributed by atoms with E-state index in [4.69, 9.17) is 0 Å². The van der Waals surface area contributed by atoms with Crippen LogP contribution in [0.4, 0.5) is 10.1 Å². The number of halogens is 1. The van der Waals surface area contributed by atoms with E-state index in [1.165, 1.54) is 29.5 Å². The van der Waals surface area contributed by atoms with E-state index in [0.29, 0.717) is 12.1 Å². The normalized spacial score (nSPS) is 16.1. The minimum absolute atomic E-state index is 0.0346. The fourth-order valence-corrected chi connectivity index (χ4v) is 3.37. The molecule has 0 fully saturated rings. The summed E-state index contributed by atoms with van der Waals surface area (Å²) in [5, 5.41) is 1.48. The quantitative estimate of drug-likeness (QED) is 0.932. The molecule has 0 aliphatic carbocycles. The lowest BCUT2D eigenvalue weighted by Gasteiger charge is -2.30. The fraction of sp³-hybridized carbons (Fsp3) is 0.143. The summed E-state index contributed by atoms with van der Waals surface area (Å²) in [4.78, 5) is 3.87. The molecule has 1 aromatic carbocycles. The van der Waals surface area contributed by atoms with Crippen molar-refractivity contribution in [1.82, 2.24) is 10.4 Å². The number of hydrazine groups is 1. The van der Waals surface area contributed by atoms with Crippen molar-refractivity contribution in [1.29, 1.82) is 0 Å². The maximum absolute atomic E-state index is 13.6. The molecule has 1 aromatic heterocycles. The number of nitrogens with one attached hydrogen (secondary N) is 1. The van der Waals surface area contributed by atoms with Gasteiger partial charge in [0.05, 0.1) is 5.69 Å². The zero-order chi connectivity index (χ0) is 15.7.